The quantitative estimate of drug-likeness (QED) is 0.811. The van der Waals surface area contributed by atoms with Crippen molar-refractivity contribution in [1.29, 1.82) is 0 Å². The molecule has 0 aliphatic rings. The van der Waals surface area contributed by atoms with Crippen LogP contribution in [0.1, 0.15) is 18.6 Å². The number of hydrogen-bond donors (Lipinski definition) is 1. The predicted molar refractivity (Wildman–Crippen MR) is 82.2 cm³/mol. The lowest BCUT2D eigenvalue weighted by Crippen LogP contribution is -2.09. The maximum atomic E-state index is 9.51. The average Bonchev–Trinajstić information content (AvgIpc) is 2.46. The van der Waals surface area contributed by atoms with E-state index < -0.39 is 6.10 Å². The molecule has 1 N–H and O–H groups in total. The van der Waals surface area contributed by atoms with Crippen molar-refractivity contribution in [3.05, 3.63) is 58.6 Å². The summed E-state index contributed by atoms with van der Waals surface area (Å²) in [5.41, 5.74) is 0.844. The van der Waals surface area contributed by atoms with Gasteiger partial charge < -0.3 is 14.6 Å². The van der Waals surface area contributed by atoms with E-state index in [9.17, 15) is 5.11 Å². The molecule has 20 heavy (non-hydrogen) atoms. The summed E-state index contributed by atoms with van der Waals surface area (Å²) in [5.74, 6) is 1.55. The van der Waals surface area contributed by atoms with Crippen molar-refractivity contribution in [2.75, 3.05) is 13.2 Å². The Labute approximate surface area is 127 Å². The van der Waals surface area contributed by atoms with E-state index in [1.54, 1.807) is 6.92 Å². The zero-order valence-electron chi connectivity index (χ0n) is 11.3. The molecule has 2 aromatic rings. The second-order valence-electron chi connectivity index (χ2n) is 4.40. The summed E-state index contributed by atoms with van der Waals surface area (Å²) in [5, 5.41) is 9.51. The molecule has 0 unspecified atom stereocenters. The van der Waals surface area contributed by atoms with Crippen LogP contribution in [0.2, 0.25) is 0 Å². The fraction of sp³-hybridized carbons (Fsp3) is 0.250. The van der Waals surface area contributed by atoms with Gasteiger partial charge in [0.25, 0.3) is 0 Å². The third kappa shape index (κ3) is 4.54. The third-order valence-electron chi connectivity index (χ3n) is 2.77. The summed E-state index contributed by atoms with van der Waals surface area (Å²) in [6.07, 6.45) is -0.488. The van der Waals surface area contributed by atoms with E-state index in [1.165, 1.54) is 0 Å². The first-order valence-corrected chi connectivity index (χ1v) is 7.23. The number of ether oxygens (including phenoxy) is 2. The van der Waals surface area contributed by atoms with E-state index in [2.05, 4.69) is 15.9 Å². The van der Waals surface area contributed by atoms with Crippen molar-refractivity contribution in [2.45, 2.75) is 13.0 Å². The number of aliphatic hydroxyl groups excluding tert-OH is 1. The number of aliphatic hydroxyl groups is 1. The molecule has 2 aromatic carbocycles. The van der Waals surface area contributed by atoms with Crippen LogP contribution in [-0.4, -0.2) is 18.3 Å². The molecule has 1 atom stereocenters. The van der Waals surface area contributed by atoms with E-state index in [0.717, 1.165) is 21.5 Å². The van der Waals surface area contributed by atoms with Gasteiger partial charge in [0.05, 0.1) is 6.10 Å². The summed E-state index contributed by atoms with van der Waals surface area (Å²) < 4.78 is 12.2. The molecule has 0 amide bonds. The Morgan fingerprint density at radius 1 is 1.00 bits per heavy atom. The largest absolute Gasteiger partial charge is 0.490 e. The van der Waals surface area contributed by atoms with Gasteiger partial charge in [-0.2, -0.15) is 0 Å². The molecule has 0 radical (unpaired) electrons. The van der Waals surface area contributed by atoms with Gasteiger partial charge in [0.15, 0.2) is 0 Å². The van der Waals surface area contributed by atoms with E-state index in [-0.39, 0.29) is 0 Å². The van der Waals surface area contributed by atoms with Crippen molar-refractivity contribution in [3.8, 4) is 11.5 Å². The molecular formula is C16H17BrO3. The zero-order chi connectivity index (χ0) is 14.4. The fourth-order valence-electron chi connectivity index (χ4n) is 1.71. The molecule has 2 rings (SSSR count). The van der Waals surface area contributed by atoms with Crippen LogP contribution in [-0.2, 0) is 0 Å². The van der Waals surface area contributed by atoms with Crippen LogP contribution in [0.25, 0.3) is 0 Å². The van der Waals surface area contributed by atoms with E-state index in [4.69, 9.17) is 9.47 Å². The molecule has 106 valence electrons. The molecule has 3 nitrogen and oxygen atoms in total. The third-order valence-corrected chi connectivity index (χ3v) is 3.30. The predicted octanol–water partition coefficient (Wildman–Crippen LogP) is 3.96. The Balaban J connectivity index is 1.78. The molecule has 0 aliphatic heterocycles. The number of hydrogen-bond acceptors (Lipinski definition) is 3. The number of rotatable bonds is 6. The van der Waals surface area contributed by atoms with Gasteiger partial charge in [0.1, 0.15) is 24.7 Å². The SMILES string of the molecule is C[C@H](O)c1cccc(OCCOc2ccc(Br)cc2)c1. The summed E-state index contributed by atoms with van der Waals surface area (Å²) in [6, 6.07) is 15.1. The highest BCUT2D eigenvalue weighted by molar-refractivity contribution is 9.10. The highest BCUT2D eigenvalue weighted by Crippen LogP contribution is 2.19. The van der Waals surface area contributed by atoms with Gasteiger partial charge in [-0.3, -0.25) is 0 Å². The number of benzene rings is 2. The molecule has 0 bridgehead atoms. The van der Waals surface area contributed by atoms with E-state index in [1.807, 2.05) is 48.5 Å². The Hall–Kier alpha value is -1.52. The smallest absolute Gasteiger partial charge is 0.122 e. The van der Waals surface area contributed by atoms with Crippen LogP contribution in [0.15, 0.2) is 53.0 Å². The molecule has 0 saturated heterocycles. The van der Waals surface area contributed by atoms with E-state index in [0.29, 0.717) is 13.2 Å². The molecule has 0 aliphatic carbocycles. The fourth-order valence-corrected chi connectivity index (χ4v) is 1.98. The van der Waals surface area contributed by atoms with Crippen molar-refractivity contribution < 1.29 is 14.6 Å². The van der Waals surface area contributed by atoms with Crippen LogP contribution in [0.4, 0.5) is 0 Å². The second-order valence-corrected chi connectivity index (χ2v) is 5.31. The minimum absolute atomic E-state index is 0.458. The molecule has 0 fully saturated rings. The van der Waals surface area contributed by atoms with Gasteiger partial charge in [-0.15, -0.1) is 0 Å². The maximum absolute atomic E-state index is 9.51. The van der Waals surface area contributed by atoms with Gasteiger partial charge >= 0.3 is 0 Å². The Bertz CT molecular complexity index is 538. The number of halogens is 1. The first-order chi connectivity index (χ1) is 9.65. The lowest BCUT2D eigenvalue weighted by Gasteiger charge is -2.10. The summed E-state index contributed by atoms with van der Waals surface area (Å²) in [4.78, 5) is 0. The van der Waals surface area contributed by atoms with E-state index >= 15 is 0 Å². The second kappa shape index (κ2) is 7.31. The summed E-state index contributed by atoms with van der Waals surface area (Å²) in [6.45, 7) is 2.66. The van der Waals surface area contributed by atoms with Gasteiger partial charge in [0.2, 0.25) is 0 Å². The Morgan fingerprint density at radius 3 is 2.30 bits per heavy atom. The van der Waals surface area contributed by atoms with Crippen molar-refractivity contribution in [3.63, 3.8) is 0 Å². The maximum Gasteiger partial charge on any atom is 0.122 e. The van der Waals surface area contributed by atoms with Gasteiger partial charge in [-0.1, -0.05) is 28.1 Å². The summed E-state index contributed by atoms with van der Waals surface area (Å²) >= 11 is 3.38. The highest BCUT2D eigenvalue weighted by atomic mass is 79.9. The minimum atomic E-state index is -0.488. The Kier molecular flexibility index (Phi) is 5.44. The monoisotopic (exact) mass is 336 g/mol. The van der Waals surface area contributed by atoms with Gasteiger partial charge in [-0.05, 0) is 48.9 Å². The molecule has 0 spiro atoms. The lowest BCUT2D eigenvalue weighted by molar-refractivity contribution is 0.196. The molecular weight excluding hydrogens is 320 g/mol. The zero-order valence-corrected chi connectivity index (χ0v) is 12.8. The van der Waals surface area contributed by atoms with Crippen molar-refractivity contribution in [1.82, 2.24) is 0 Å². The van der Waals surface area contributed by atoms with Crippen LogP contribution in [0.3, 0.4) is 0 Å². The average molecular weight is 337 g/mol. The molecule has 4 heteroatoms. The van der Waals surface area contributed by atoms with Crippen LogP contribution < -0.4 is 9.47 Å². The van der Waals surface area contributed by atoms with Gasteiger partial charge in [0, 0.05) is 4.47 Å². The van der Waals surface area contributed by atoms with Crippen LogP contribution >= 0.6 is 15.9 Å². The standard InChI is InChI=1S/C16H17BrO3/c1-12(18)13-3-2-4-16(11-13)20-10-9-19-15-7-5-14(17)6-8-15/h2-8,11-12,18H,9-10H2,1H3/t12-/m0/s1. The highest BCUT2D eigenvalue weighted by Gasteiger charge is 2.02. The Morgan fingerprint density at radius 2 is 1.65 bits per heavy atom. The lowest BCUT2D eigenvalue weighted by atomic mass is 10.1. The first kappa shape index (κ1) is 14.9. The van der Waals surface area contributed by atoms with Crippen LogP contribution in [0.5, 0.6) is 11.5 Å². The molecule has 0 heterocycles. The summed E-state index contributed by atoms with van der Waals surface area (Å²) in [7, 11) is 0. The normalized spacial score (nSPS) is 11.9. The first-order valence-electron chi connectivity index (χ1n) is 6.44. The van der Waals surface area contributed by atoms with Crippen LogP contribution in [0, 0.1) is 0 Å². The molecule has 0 aromatic heterocycles. The minimum Gasteiger partial charge on any atom is -0.490 e. The van der Waals surface area contributed by atoms with Crippen molar-refractivity contribution >= 4 is 15.9 Å². The molecule has 0 saturated carbocycles. The van der Waals surface area contributed by atoms with Gasteiger partial charge in [-0.25, -0.2) is 0 Å². The van der Waals surface area contributed by atoms with Crippen molar-refractivity contribution in [2.24, 2.45) is 0 Å². The topological polar surface area (TPSA) is 38.7 Å².